The molecule has 0 radical (unpaired) electrons. The lowest BCUT2D eigenvalue weighted by atomic mass is 9.96. The highest BCUT2D eigenvalue weighted by Crippen LogP contribution is 2.42. The number of rotatable bonds is 3. The van der Waals surface area contributed by atoms with Gasteiger partial charge in [-0.05, 0) is 48.0 Å². The van der Waals surface area contributed by atoms with Crippen LogP contribution < -0.4 is 0 Å². The molecule has 3 nitrogen and oxygen atoms in total. The SMILES string of the molecule is Oc1ccc(-c2onc(-c3ccccc3Cl)c2-c2ccc(F)c(F)c2)cc1. The van der Waals surface area contributed by atoms with E-state index in [0.717, 1.165) is 12.1 Å². The normalized spacial score (nSPS) is 10.9. The number of hydrogen-bond acceptors (Lipinski definition) is 3. The van der Waals surface area contributed by atoms with Gasteiger partial charge in [-0.25, -0.2) is 8.78 Å². The summed E-state index contributed by atoms with van der Waals surface area (Å²) >= 11 is 6.30. The van der Waals surface area contributed by atoms with E-state index in [4.69, 9.17) is 16.1 Å². The van der Waals surface area contributed by atoms with Gasteiger partial charge in [-0.2, -0.15) is 0 Å². The highest BCUT2D eigenvalue weighted by molar-refractivity contribution is 6.33. The number of nitrogens with zero attached hydrogens (tertiary/aromatic N) is 1. The lowest BCUT2D eigenvalue weighted by Gasteiger charge is -2.07. The first-order valence-electron chi connectivity index (χ1n) is 8.04. The molecule has 134 valence electrons. The first-order valence-corrected chi connectivity index (χ1v) is 8.42. The van der Waals surface area contributed by atoms with Crippen molar-refractivity contribution < 1.29 is 18.4 Å². The van der Waals surface area contributed by atoms with E-state index in [-0.39, 0.29) is 5.75 Å². The topological polar surface area (TPSA) is 46.3 Å². The Labute approximate surface area is 158 Å². The van der Waals surface area contributed by atoms with Crippen LogP contribution in [0.25, 0.3) is 33.7 Å². The average molecular weight is 384 g/mol. The fourth-order valence-electron chi connectivity index (χ4n) is 2.86. The van der Waals surface area contributed by atoms with Crippen LogP contribution in [0, 0.1) is 11.6 Å². The van der Waals surface area contributed by atoms with E-state index in [9.17, 15) is 13.9 Å². The van der Waals surface area contributed by atoms with Gasteiger partial charge in [-0.1, -0.05) is 41.0 Å². The van der Waals surface area contributed by atoms with Gasteiger partial charge in [0.05, 0.1) is 10.6 Å². The molecule has 0 bridgehead atoms. The van der Waals surface area contributed by atoms with E-state index < -0.39 is 11.6 Å². The minimum atomic E-state index is -0.976. The van der Waals surface area contributed by atoms with Crippen molar-refractivity contribution in [3.8, 4) is 39.5 Å². The Kier molecular flexibility index (Phi) is 4.38. The van der Waals surface area contributed by atoms with Crippen molar-refractivity contribution in [2.45, 2.75) is 0 Å². The highest BCUT2D eigenvalue weighted by atomic mass is 35.5. The summed E-state index contributed by atoms with van der Waals surface area (Å²) in [5.41, 5.74) is 2.52. The smallest absolute Gasteiger partial charge is 0.175 e. The van der Waals surface area contributed by atoms with E-state index >= 15 is 0 Å². The van der Waals surface area contributed by atoms with Crippen LogP contribution >= 0.6 is 11.6 Å². The van der Waals surface area contributed by atoms with Crippen LogP contribution in [0.15, 0.2) is 71.3 Å². The summed E-state index contributed by atoms with van der Waals surface area (Å²) in [6.45, 7) is 0. The van der Waals surface area contributed by atoms with Crippen LogP contribution in [0.5, 0.6) is 5.75 Å². The van der Waals surface area contributed by atoms with Gasteiger partial charge in [0, 0.05) is 11.1 Å². The molecule has 0 atom stereocenters. The van der Waals surface area contributed by atoms with Crippen molar-refractivity contribution in [2.24, 2.45) is 0 Å². The maximum Gasteiger partial charge on any atom is 0.175 e. The van der Waals surface area contributed by atoms with Gasteiger partial charge in [-0.3, -0.25) is 0 Å². The lowest BCUT2D eigenvalue weighted by molar-refractivity contribution is 0.435. The molecule has 0 amide bonds. The molecule has 4 aromatic rings. The second kappa shape index (κ2) is 6.85. The van der Waals surface area contributed by atoms with Crippen LogP contribution in [-0.2, 0) is 0 Å². The molecule has 1 heterocycles. The van der Waals surface area contributed by atoms with Crippen LogP contribution in [0.1, 0.15) is 0 Å². The fourth-order valence-corrected chi connectivity index (χ4v) is 3.08. The molecule has 6 heteroatoms. The Balaban J connectivity index is 1.99. The first-order chi connectivity index (χ1) is 13.0. The second-order valence-electron chi connectivity index (χ2n) is 5.89. The van der Waals surface area contributed by atoms with Gasteiger partial charge in [0.25, 0.3) is 0 Å². The number of halogens is 3. The van der Waals surface area contributed by atoms with Gasteiger partial charge in [0.15, 0.2) is 17.4 Å². The molecule has 0 saturated heterocycles. The zero-order valence-electron chi connectivity index (χ0n) is 13.8. The Morgan fingerprint density at radius 1 is 0.852 bits per heavy atom. The molecule has 3 aromatic carbocycles. The molecule has 0 saturated carbocycles. The molecule has 0 unspecified atom stereocenters. The maximum atomic E-state index is 13.9. The Morgan fingerprint density at radius 2 is 1.56 bits per heavy atom. The van der Waals surface area contributed by atoms with Crippen molar-refractivity contribution >= 4 is 11.6 Å². The Hall–Kier alpha value is -3.18. The largest absolute Gasteiger partial charge is 0.508 e. The molecule has 1 N–H and O–H groups in total. The molecular weight excluding hydrogens is 372 g/mol. The average Bonchev–Trinajstić information content (AvgIpc) is 3.10. The highest BCUT2D eigenvalue weighted by Gasteiger charge is 2.23. The monoisotopic (exact) mass is 383 g/mol. The van der Waals surface area contributed by atoms with Crippen molar-refractivity contribution in [3.63, 3.8) is 0 Å². The molecule has 27 heavy (non-hydrogen) atoms. The van der Waals surface area contributed by atoms with Crippen LogP contribution in [0.3, 0.4) is 0 Å². The third-order valence-corrected chi connectivity index (χ3v) is 4.49. The van der Waals surface area contributed by atoms with E-state index in [1.165, 1.54) is 18.2 Å². The van der Waals surface area contributed by atoms with Gasteiger partial charge in [0.1, 0.15) is 11.4 Å². The minimum Gasteiger partial charge on any atom is -0.508 e. The summed E-state index contributed by atoms with van der Waals surface area (Å²) in [5, 5.41) is 14.1. The van der Waals surface area contributed by atoms with Crippen LogP contribution in [0.2, 0.25) is 5.02 Å². The summed E-state index contributed by atoms with van der Waals surface area (Å²) in [5.74, 6) is -1.47. The summed E-state index contributed by atoms with van der Waals surface area (Å²) in [7, 11) is 0. The number of aromatic hydroxyl groups is 1. The van der Waals surface area contributed by atoms with Crippen molar-refractivity contribution in [3.05, 3.63) is 83.4 Å². The summed E-state index contributed by atoms with van der Waals surface area (Å²) in [6, 6.07) is 16.9. The number of benzene rings is 3. The lowest BCUT2D eigenvalue weighted by Crippen LogP contribution is -1.89. The Morgan fingerprint density at radius 3 is 2.26 bits per heavy atom. The summed E-state index contributed by atoms with van der Waals surface area (Å²) in [6.07, 6.45) is 0. The third kappa shape index (κ3) is 3.17. The third-order valence-electron chi connectivity index (χ3n) is 4.16. The van der Waals surface area contributed by atoms with Crippen LogP contribution in [0.4, 0.5) is 8.78 Å². The van der Waals surface area contributed by atoms with Gasteiger partial charge in [0.2, 0.25) is 0 Å². The van der Waals surface area contributed by atoms with Crippen molar-refractivity contribution in [1.82, 2.24) is 5.16 Å². The van der Waals surface area contributed by atoms with E-state index in [2.05, 4.69) is 5.16 Å². The van der Waals surface area contributed by atoms with E-state index in [1.54, 1.807) is 36.4 Å². The zero-order valence-corrected chi connectivity index (χ0v) is 14.5. The standard InChI is InChI=1S/C21H12ClF2NO2/c22-16-4-2-1-3-15(16)20-19(13-7-10-17(23)18(24)11-13)21(27-25-20)12-5-8-14(26)9-6-12/h1-11,26H. The molecular formula is C21H12ClF2NO2. The summed E-state index contributed by atoms with van der Waals surface area (Å²) < 4.78 is 32.9. The van der Waals surface area contributed by atoms with Gasteiger partial charge >= 0.3 is 0 Å². The quantitative estimate of drug-likeness (QED) is 0.450. The van der Waals surface area contributed by atoms with Gasteiger partial charge in [-0.15, -0.1) is 0 Å². The molecule has 0 fully saturated rings. The summed E-state index contributed by atoms with van der Waals surface area (Å²) in [4.78, 5) is 0. The minimum absolute atomic E-state index is 0.0963. The molecule has 0 aliphatic heterocycles. The number of phenols is 1. The van der Waals surface area contributed by atoms with Gasteiger partial charge < -0.3 is 9.63 Å². The predicted molar refractivity (Wildman–Crippen MR) is 99.4 cm³/mol. The fraction of sp³-hybridized carbons (Fsp3) is 0. The number of aromatic nitrogens is 1. The predicted octanol–water partition coefficient (Wildman–Crippen LogP) is 6.31. The second-order valence-corrected chi connectivity index (χ2v) is 6.30. The molecule has 0 aliphatic rings. The zero-order chi connectivity index (χ0) is 19.0. The maximum absolute atomic E-state index is 13.9. The molecule has 4 rings (SSSR count). The van der Waals surface area contributed by atoms with E-state index in [0.29, 0.717) is 38.7 Å². The molecule has 0 aliphatic carbocycles. The molecule has 1 aromatic heterocycles. The Bertz CT molecular complexity index is 1120. The number of hydrogen-bond donors (Lipinski definition) is 1. The van der Waals surface area contributed by atoms with Crippen molar-refractivity contribution in [2.75, 3.05) is 0 Å². The first kappa shape index (κ1) is 17.2. The van der Waals surface area contributed by atoms with Crippen LogP contribution in [-0.4, -0.2) is 10.3 Å². The number of phenolic OH excluding ortho intramolecular Hbond substituents is 1. The van der Waals surface area contributed by atoms with Crippen molar-refractivity contribution in [1.29, 1.82) is 0 Å². The molecule has 0 spiro atoms. The van der Waals surface area contributed by atoms with E-state index in [1.807, 2.05) is 0 Å².